The molecule has 0 saturated heterocycles. The molecule has 0 fully saturated rings. The van der Waals surface area contributed by atoms with Crippen molar-refractivity contribution in [2.75, 3.05) is 7.11 Å². The minimum Gasteiger partial charge on any atom is -0.494 e. The number of methoxy groups -OCH3 is 1. The second-order valence-electron chi connectivity index (χ2n) is 5.14. The molecule has 23 heavy (non-hydrogen) atoms. The molecule has 7 nitrogen and oxygen atoms in total. The average molecular weight is 306 g/mol. The van der Waals surface area contributed by atoms with E-state index in [2.05, 4.69) is 42.8 Å². The van der Waals surface area contributed by atoms with Crippen LogP contribution in [0.2, 0.25) is 0 Å². The number of ether oxygens (including phenoxy) is 1. The lowest BCUT2D eigenvalue weighted by atomic mass is 10.1. The largest absolute Gasteiger partial charge is 0.494 e. The van der Waals surface area contributed by atoms with Crippen LogP contribution >= 0.6 is 0 Å². The number of hydrogen-bond acceptors (Lipinski definition) is 5. The molecule has 7 heteroatoms. The molecule has 0 spiro atoms. The third-order valence-electron chi connectivity index (χ3n) is 3.69. The summed E-state index contributed by atoms with van der Waals surface area (Å²) < 4.78 is 8.68. The van der Waals surface area contributed by atoms with Crippen LogP contribution < -0.4 is 4.74 Å². The third kappa shape index (κ3) is 2.32. The highest BCUT2D eigenvalue weighted by atomic mass is 16.5. The van der Waals surface area contributed by atoms with Gasteiger partial charge >= 0.3 is 0 Å². The Hall–Kier alpha value is -3.22. The van der Waals surface area contributed by atoms with Crippen LogP contribution in [0.25, 0.3) is 28.2 Å². The van der Waals surface area contributed by atoms with Crippen LogP contribution in [0.5, 0.6) is 5.75 Å². The first-order chi connectivity index (χ1) is 11.2. The Bertz CT molecular complexity index is 970. The van der Waals surface area contributed by atoms with Crippen molar-refractivity contribution in [3.8, 4) is 23.1 Å². The van der Waals surface area contributed by atoms with Gasteiger partial charge in [0.15, 0.2) is 11.6 Å². The summed E-state index contributed by atoms with van der Waals surface area (Å²) in [6.07, 6.45) is 6.83. The fourth-order valence-corrected chi connectivity index (χ4v) is 2.45. The molecule has 0 aliphatic rings. The van der Waals surface area contributed by atoms with Crippen LogP contribution in [0, 0.1) is 0 Å². The number of rotatable bonds is 3. The van der Waals surface area contributed by atoms with Gasteiger partial charge in [-0.25, -0.2) is 15.0 Å². The molecule has 1 aromatic carbocycles. The van der Waals surface area contributed by atoms with Crippen molar-refractivity contribution in [1.29, 1.82) is 0 Å². The topological polar surface area (TPSA) is 70.7 Å². The number of hydrogen-bond donors (Lipinski definition) is 0. The van der Waals surface area contributed by atoms with Crippen LogP contribution in [0.1, 0.15) is 0 Å². The molecule has 4 rings (SSSR count). The van der Waals surface area contributed by atoms with Crippen LogP contribution in [0.4, 0.5) is 0 Å². The molecule has 0 aliphatic heterocycles. The number of aromatic nitrogens is 6. The average Bonchev–Trinajstić information content (AvgIpc) is 3.22. The van der Waals surface area contributed by atoms with Crippen LogP contribution in [-0.4, -0.2) is 36.4 Å². The molecule has 0 amide bonds. The second-order valence-corrected chi connectivity index (χ2v) is 5.14. The van der Waals surface area contributed by atoms with E-state index in [4.69, 9.17) is 4.74 Å². The van der Waals surface area contributed by atoms with Crippen molar-refractivity contribution in [3.63, 3.8) is 0 Å². The first kappa shape index (κ1) is 13.4. The summed E-state index contributed by atoms with van der Waals surface area (Å²) in [6, 6.07) is 8.22. The van der Waals surface area contributed by atoms with Gasteiger partial charge in [-0.1, -0.05) is 0 Å². The van der Waals surface area contributed by atoms with E-state index >= 15 is 0 Å². The van der Waals surface area contributed by atoms with Crippen molar-refractivity contribution in [2.45, 2.75) is 0 Å². The van der Waals surface area contributed by atoms with E-state index in [1.54, 1.807) is 30.5 Å². The number of nitrogens with zero attached hydrogens (tertiary/aromatic N) is 6. The molecule has 3 aromatic heterocycles. The molecule has 0 N–H and O–H groups in total. The molecular formula is C16H14N6O. The summed E-state index contributed by atoms with van der Waals surface area (Å²) in [5.74, 6) is 1.68. The number of aryl methyl sites for hydroxylation is 1. The summed E-state index contributed by atoms with van der Waals surface area (Å²) in [6.45, 7) is 0. The van der Waals surface area contributed by atoms with Gasteiger partial charge in [-0.05, 0) is 24.3 Å². The summed E-state index contributed by atoms with van der Waals surface area (Å²) in [4.78, 5) is 12.8. The minimum absolute atomic E-state index is 0.449. The van der Waals surface area contributed by atoms with Gasteiger partial charge < -0.3 is 9.30 Å². The zero-order valence-electron chi connectivity index (χ0n) is 12.7. The lowest BCUT2D eigenvalue weighted by Gasteiger charge is -2.00. The highest BCUT2D eigenvalue weighted by Gasteiger charge is 2.09. The summed E-state index contributed by atoms with van der Waals surface area (Å²) >= 11 is 0. The van der Waals surface area contributed by atoms with Gasteiger partial charge in [0, 0.05) is 29.7 Å². The molecule has 4 aromatic rings. The van der Waals surface area contributed by atoms with Gasteiger partial charge in [0.25, 0.3) is 5.95 Å². The molecule has 0 aliphatic carbocycles. The Balaban J connectivity index is 1.70. The molecule has 0 bridgehead atoms. The second kappa shape index (κ2) is 5.20. The molecule has 3 heterocycles. The van der Waals surface area contributed by atoms with Gasteiger partial charge in [0.1, 0.15) is 6.33 Å². The normalized spacial score (nSPS) is 11.0. The van der Waals surface area contributed by atoms with Crippen molar-refractivity contribution in [2.24, 2.45) is 7.05 Å². The maximum absolute atomic E-state index is 5.05. The van der Waals surface area contributed by atoms with Gasteiger partial charge in [0.05, 0.1) is 19.5 Å². The first-order valence-electron chi connectivity index (χ1n) is 7.08. The lowest BCUT2D eigenvalue weighted by molar-refractivity contribution is 0.410. The predicted octanol–water partition coefficient (Wildman–Crippen LogP) is 2.22. The van der Waals surface area contributed by atoms with Gasteiger partial charge in [-0.3, -0.25) is 0 Å². The van der Waals surface area contributed by atoms with E-state index in [0.29, 0.717) is 17.5 Å². The lowest BCUT2D eigenvalue weighted by Crippen LogP contribution is -2.01. The third-order valence-corrected chi connectivity index (χ3v) is 3.69. The van der Waals surface area contributed by atoms with E-state index in [-0.39, 0.29) is 0 Å². The van der Waals surface area contributed by atoms with E-state index in [9.17, 15) is 0 Å². The Labute approximate surface area is 132 Å². The molecule has 0 unspecified atom stereocenters. The number of benzene rings is 1. The summed E-state index contributed by atoms with van der Waals surface area (Å²) in [5, 5.41) is 5.61. The Morgan fingerprint density at radius 3 is 2.65 bits per heavy atom. The molecular weight excluding hydrogens is 292 g/mol. The fraction of sp³-hybridized carbons (Fsp3) is 0.125. The number of fused-ring (bicyclic) bond motifs is 1. The Kier molecular flexibility index (Phi) is 3.04. The van der Waals surface area contributed by atoms with E-state index < -0.39 is 0 Å². The monoisotopic (exact) mass is 306 g/mol. The van der Waals surface area contributed by atoms with Crippen molar-refractivity contribution >= 4 is 10.9 Å². The van der Waals surface area contributed by atoms with Gasteiger partial charge in [-0.2, -0.15) is 4.68 Å². The first-order valence-corrected chi connectivity index (χ1v) is 7.08. The maximum atomic E-state index is 5.05. The van der Waals surface area contributed by atoms with Gasteiger partial charge in [0.2, 0.25) is 0 Å². The van der Waals surface area contributed by atoms with Crippen molar-refractivity contribution < 1.29 is 4.74 Å². The molecule has 114 valence electrons. The highest BCUT2D eigenvalue weighted by molar-refractivity contribution is 5.84. The minimum atomic E-state index is 0.449. The smallest absolute Gasteiger partial charge is 0.252 e. The molecule has 0 saturated carbocycles. The van der Waals surface area contributed by atoms with Crippen molar-refractivity contribution in [1.82, 2.24) is 29.3 Å². The van der Waals surface area contributed by atoms with Crippen LogP contribution in [-0.2, 0) is 7.05 Å². The maximum Gasteiger partial charge on any atom is 0.252 e. The molecule has 0 radical (unpaired) electrons. The Morgan fingerprint density at radius 1 is 1.04 bits per heavy atom. The van der Waals surface area contributed by atoms with E-state index in [1.165, 1.54) is 5.52 Å². The van der Waals surface area contributed by atoms with Crippen LogP contribution in [0.15, 0.2) is 49.2 Å². The van der Waals surface area contributed by atoms with Crippen molar-refractivity contribution in [3.05, 3.63) is 49.2 Å². The van der Waals surface area contributed by atoms with Crippen LogP contribution in [0.3, 0.4) is 0 Å². The highest BCUT2D eigenvalue weighted by Crippen LogP contribution is 2.22. The van der Waals surface area contributed by atoms with E-state index in [0.717, 1.165) is 10.9 Å². The molecule has 0 atom stereocenters. The predicted molar refractivity (Wildman–Crippen MR) is 85.4 cm³/mol. The zero-order valence-corrected chi connectivity index (χ0v) is 12.7. The fourth-order valence-electron chi connectivity index (χ4n) is 2.45. The van der Waals surface area contributed by atoms with E-state index in [1.807, 2.05) is 19.3 Å². The zero-order chi connectivity index (χ0) is 15.8. The summed E-state index contributed by atoms with van der Waals surface area (Å²) in [7, 11) is 3.60. The quantitative estimate of drug-likeness (QED) is 0.580. The van der Waals surface area contributed by atoms with Gasteiger partial charge in [-0.15, -0.1) is 5.10 Å². The SMILES string of the molecule is COc1cnc(-n2cnc(-c3ccc4c(ccn4C)c3)n2)nc1. The Morgan fingerprint density at radius 2 is 1.87 bits per heavy atom. The standard InChI is InChI=1S/C16H14N6O/c1-21-6-5-11-7-12(3-4-14(11)21)15-19-10-22(20-15)16-17-8-13(23-2)9-18-16/h3-10H,1-2H3. The summed E-state index contributed by atoms with van der Waals surface area (Å²) in [5.41, 5.74) is 2.13.